The summed E-state index contributed by atoms with van der Waals surface area (Å²) >= 11 is 2.94. The fourth-order valence-corrected chi connectivity index (χ4v) is 5.36. The molecule has 10 heteroatoms. The lowest BCUT2D eigenvalue weighted by Gasteiger charge is -2.14. The highest BCUT2D eigenvalue weighted by Crippen LogP contribution is 2.37. The van der Waals surface area contributed by atoms with Gasteiger partial charge in [0.05, 0.1) is 22.2 Å². The van der Waals surface area contributed by atoms with Gasteiger partial charge in [0.15, 0.2) is 11.5 Å². The van der Waals surface area contributed by atoms with Crippen molar-refractivity contribution >= 4 is 63.2 Å². The zero-order valence-corrected chi connectivity index (χ0v) is 24.6. The van der Waals surface area contributed by atoms with Crippen molar-refractivity contribution in [3.05, 3.63) is 85.8 Å². The predicted molar refractivity (Wildman–Crippen MR) is 160 cm³/mol. The Kier molecular flexibility index (Phi) is 9.52. The third-order valence-corrected chi connectivity index (χ3v) is 7.39. The Hall–Kier alpha value is -3.51. The van der Waals surface area contributed by atoms with Gasteiger partial charge in [0, 0.05) is 5.69 Å². The molecule has 0 aromatic heterocycles. The molecule has 0 bridgehead atoms. The SMILES string of the molecule is CCOc1ccc(NC(=O)CN2C(=O)S/C(=C/c3cc(I)c(OCc4ccc(C)cc4)c(OC)c3)C2=O)cc1. The molecule has 1 heterocycles. The van der Waals surface area contributed by atoms with E-state index in [1.165, 1.54) is 5.56 Å². The summed E-state index contributed by atoms with van der Waals surface area (Å²) in [7, 11) is 1.55. The first-order valence-corrected chi connectivity index (χ1v) is 14.0. The van der Waals surface area contributed by atoms with Gasteiger partial charge in [0.2, 0.25) is 5.91 Å². The van der Waals surface area contributed by atoms with E-state index in [0.29, 0.717) is 41.7 Å². The van der Waals surface area contributed by atoms with Gasteiger partial charge in [-0.1, -0.05) is 29.8 Å². The van der Waals surface area contributed by atoms with E-state index >= 15 is 0 Å². The largest absolute Gasteiger partial charge is 0.494 e. The number of carbonyl (C=O) groups excluding carboxylic acids is 3. The van der Waals surface area contributed by atoms with E-state index < -0.39 is 17.1 Å². The summed E-state index contributed by atoms with van der Waals surface area (Å²) in [4.78, 5) is 39.2. The average molecular weight is 659 g/mol. The van der Waals surface area contributed by atoms with Crippen LogP contribution in [0.2, 0.25) is 0 Å². The quantitative estimate of drug-likeness (QED) is 0.203. The summed E-state index contributed by atoms with van der Waals surface area (Å²) in [5.41, 5.74) is 3.41. The van der Waals surface area contributed by atoms with E-state index in [1.807, 2.05) is 44.2 Å². The molecule has 0 saturated carbocycles. The number of nitrogens with one attached hydrogen (secondary N) is 1. The molecule has 0 radical (unpaired) electrons. The number of rotatable bonds is 10. The fourth-order valence-electron chi connectivity index (χ4n) is 3.74. The molecule has 8 nitrogen and oxygen atoms in total. The smallest absolute Gasteiger partial charge is 0.294 e. The lowest BCUT2D eigenvalue weighted by molar-refractivity contribution is -0.127. The summed E-state index contributed by atoms with van der Waals surface area (Å²) in [5.74, 6) is 0.780. The van der Waals surface area contributed by atoms with E-state index in [2.05, 4.69) is 27.9 Å². The highest BCUT2D eigenvalue weighted by molar-refractivity contribution is 14.1. The zero-order chi connectivity index (χ0) is 27.9. The van der Waals surface area contributed by atoms with Crippen LogP contribution >= 0.6 is 34.4 Å². The van der Waals surface area contributed by atoms with Crippen LogP contribution in [0.1, 0.15) is 23.6 Å². The number of ether oxygens (including phenoxy) is 3. The highest BCUT2D eigenvalue weighted by atomic mass is 127. The van der Waals surface area contributed by atoms with E-state index in [0.717, 1.165) is 25.8 Å². The monoisotopic (exact) mass is 658 g/mol. The second-order valence-electron chi connectivity index (χ2n) is 8.58. The number of anilines is 1. The van der Waals surface area contributed by atoms with Crippen molar-refractivity contribution in [2.24, 2.45) is 0 Å². The number of carbonyl (C=O) groups is 3. The lowest BCUT2D eigenvalue weighted by Crippen LogP contribution is -2.36. The molecule has 202 valence electrons. The van der Waals surface area contributed by atoms with Gasteiger partial charge in [-0.05, 0) is 102 Å². The maximum Gasteiger partial charge on any atom is 0.294 e. The van der Waals surface area contributed by atoms with Crippen LogP contribution in [0.5, 0.6) is 17.2 Å². The van der Waals surface area contributed by atoms with E-state index in [1.54, 1.807) is 43.5 Å². The number of halogens is 1. The molecule has 3 aromatic carbocycles. The number of hydrogen-bond donors (Lipinski definition) is 1. The van der Waals surface area contributed by atoms with Crippen molar-refractivity contribution in [2.45, 2.75) is 20.5 Å². The molecule has 3 amide bonds. The minimum absolute atomic E-state index is 0.222. The van der Waals surface area contributed by atoms with Gasteiger partial charge in [-0.2, -0.15) is 0 Å². The summed E-state index contributed by atoms with van der Waals surface area (Å²) < 4.78 is 17.8. The van der Waals surface area contributed by atoms with Crippen molar-refractivity contribution in [1.82, 2.24) is 4.90 Å². The molecule has 1 aliphatic rings. The minimum Gasteiger partial charge on any atom is -0.494 e. The van der Waals surface area contributed by atoms with Crippen LogP contribution < -0.4 is 19.5 Å². The van der Waals surface area contributed by atoms with Crippen LogP contribution in [0, 0.1) is 10.5 Å². The molecule has 3 aromatic rings. The number of hydrogen-bond acceptors (Lipinski definition) is 7. The van der Waals surface area contributed by atoms with Crippen molar-refractivity contribution < 1.29 is 28.6 Å². The summed E-state index contributed by atoms with van der Waals surface area (Å²) in [5, 5.41) is 2.19. The fraction of sp³-hybridized carbons (Fsp3) is 0.207. The molecule has 1 saturated heterocycles. The van der Waals surface area contributed by atoms with Crippen LogP contribution in [-0.4, -0.2) is 42.2 Å². The number of benzene rings is 3. The van der Waals surface area contributed by atoms with Crippen LogP contribution in [0.3, 0.4) is 0 Å². The average Bonchev–Trinajstić information content (AvgIpc) is 3.17. The van der Waals surface area contributed by atoms with Gasteiger partial charge in [-0.15, -0.1) is 0 Å². The number of amides is 3. The van der Waals surface area contributed by atoms with E-state index in [9.17, 15) is 14.4 Å². The molecule has 0 spiro atoms. The zero-order valence-electron chi connectivity index (χ0n) is 21.7. The Balaban J connectivity index is 1.43. The van der Waals surface area contributed by atoms with Crippen LogP contribution in [0.4, 0.5) is 10.5 Å². The van der Waals surface area contributed by atoms with Crippen molar-refractivity contribution in [2.75, 3.05) is 25.6 Å². The number of methoxy groups -OCH3 is 1. The van der Waals surface area contributed by atoms with Crippen LogP contribution in [0.25, 0.3) is 6.08 Å². The van der Waals surface area contributed by atoms with Crippen molar-refractivity contribution in [1.29, 1.82) is 0 Å². The van der Waals surface area contributed by atoms with E-state index in [-0.39, 0.29) is 11.4 Å². The molecule has 1 aliphatic heterocycles. The minimum atomic E-state index is -0.527. The van der Waals surface area contributed by atoms with Gasteiger partial charge in [0.1, 0.15) is 18.9 Å². The summed E-state index contributed by atoms with van der Waals surface area (Å²) in [6.07, 6.45) is 1.61. The summed E-state index contributed by atoms with van der Waals surface area (Å²) in [6.45, 7) is 4.44. The van der Waals surface area contributed by atoms with Crippen molar-refractivity contribution in [3.63, 3.8) is 0 Å². The van der Waals surface area contributed by atoms with Gasteiger partial charge in [0.25, 0.3) is 11.1 Å². The highest BCUT2D eigenvalue weighted by Gasteiger charge is 2.36. The molecular weight excluding hydrogens is 631 g/mol. The second kappa shape index (κ2) is 13.0. The Bertz CT molecular complexity index is 1410. The number of aryl methyl sites for hydroxylation is 1. The Labute approximate surface area is 244 Å². The third-order valence-electron chi connectivity index (χ3n) is 5.68. The van der Waals surface area contributed by atoms with Crippen LogP contribution in [-0.2, 0) is 16.2 Å². The molecule has 39 heavy (non-hydrogen) atoms. The Morgan fingerprint density at radius 1 is 1.05 bits per heavy atom. The normalized spacial score (nSPS) is 14.1. The molecule has 1 fully saturated rings. The standard InChI is InChI=1S/C29H27IN2O6S/c1-4-37-22-11-9-21(10-12-22)31-26(33)16-32-28(34)25(39-29(32)35)15-20-13-23(30)27(24(14-20)36-3)38-17-19-7-5-18(2)6-8-19/h5-15H,4,16-17H2,1-3H3,(H,31,33)/b25-15+. The topological polar surface area (TPSA) is 94.2 Å². The molecule has 0 atom stereocenters. The first kappa shape index (κ1) is 28.5. The first-order chi connectivity index (χ1) is 18.8. The molecule has 0 aliphatic carbocycles. The van der Waals surface area contributed by atoms with Gasteiger partial charge < -0.3 is 19.5 Å². The third kappa shape index (κ3) is 7.33. The summed E-state index contributed by atoms with van der Waals surface area (Å²) in [6, 6.07) is 18.5. The molecule has 0 unspecified atom stereocenters. The van der Waals surface area contributed by atoms with E-state index in [4.69, 9.17) is 14.2 Å². The van der Waals surface area contributed by atoms with Gasteiger partial charge in [-0.3, -0.25) is 19.3 Å². The number of thioether (sulfide) groups is 1. The molecular formula is C29H27IN2O6S. The molecule has 1 N–H and O–H groups in total. The maximum atomic E-state index is 13.0. The predicted octanol–water partition coefficient (Wildman–Crippen LogP) is 6.26. The number of imide groups is 1. The van der Waals surface area contributed by atoms with Crippen molar-refractivity contribution in [3.8, 4) is 17.2 Å². The Morgan fingerprint density at radius 2 is 1.77 bits per heavy atom. The van der Waals surface area contributed by atoms with Crippen LogP contribution in [0.15, 0.2) is 65.6 Å². The Morgan fingerprint density at radius 3 is 2.44 bits per heavy atom. The van der Waals surface area contributed by atoms with Gasteiger partial charge >= 0.3 is 0 Å². The van der Waals surface area contributed by atoms with Gasteiger partial charge in [-0.25, -0.2) is 0 Å². The maximum absolute atomic E-state index is 13.0. The lowest BCUT2D eigenvalue weighted by atomic mass is 10.1. The second-order valence-corrected chi connectivity index (χ2v) is 10.7. The first-order valence-electron chi connectivity index (χ1n) is 12.1. The number of nitrogens with zero attached hydrogens (tertiary/aromatic N) is 1. The molecule has 4 rings (SSSR count).